The summed E-state index contributed by atoms with van der Waals surface area (Å²) in [6.07, 6.45) is -0.404. The minimum absolute atomic E-state index is 0.338. The second kappa shape index (κ2) is 9.21. The van der Waals surface area contributed by atoms with Gasteiger partial charge in [-0.15, -0.1) is 0 Å². The number of nitrogens with zero attached hydrogens (tertiary/aromatic N) is 2. The molecule has 0 bridgehead atoms. The van der Waals surface area contributed by atoms with Gasteiger partial charge in [0.05, 0.1) is 0 Å². The maximum Gasteiger partial charge on any atom is 0.199 e. The third kappa shape index (κ3) is 4.46. The number of amidine groups is 2. The number of halogens is 1. The topological polar surface area (TPSA) is 36.8 Å². The predicted octanol–water partition coefficient (Wildman–Crippen LogP) is 7.82. The summed E-state index contributed by atoms with van der Waals surface area (Å²) in [5, 5.41) is 5.81. The minimum atomic E-state index is -0.404. The first-order valence-corrected chi connectivity index (χ1v) is 11.9. The SMILES string of the molecule is ClC1=NC(c2cccc(-c3ccccc3)c2)N=C(c2ccc3cc(-c4ccccc4)ccc3c2)N1. The first-order valence-electron chi connectivity index (χ1n) is 11.6. The van der Waals surface area contributed by atoms with Crippen LogP contribution in [-0.4, -0.2) is 11.1 Å². The van der Waals surface area contributed by atoms with E-state index in [4.69, 9.17) is 16.6 Å². The maximum atomic E-state index is 6.43. The lowest BCUT2D eigenvalue weighted by Gasteiger charge is -2.20. The van der Waals surface area contributed by atoms with E-state index in [0.717, 1.165) is 27.6 Å². The molecule has 5 aromatic carbocycles. The Morgan fingerprint density at radius 2 is 1.09 bits per heavy atom. The van der Waals surface area contributed by atoms with E-state index in [1.807, 2.05) is 36.4 Å². The van der Waals surface area contributed by atoms with Crippen molar-refractivity contribution in [2.24, 2.45) is 9.98 Å². The van der Waals surface area contributed by atoms with Crippen molar-refractivity contribution in [1.82, 2.24) is 5.32 Å². The number of nitrogens with one attached hydrogen (secondary N) is 1. The summed E-state index contributed by atoms with van der Waals surface area (Å²) in [6, 6.07) is 41.9. The molecule has 0 fully saturated rings. The molecule has 0 aromatic heterocycles. The maximum absolute atomic E-state index is 6.43. The Morgan fingerprint density at radius 3 is 1.77 bits per heavy atom. The third-order valence-corrected chi connectivity index (χ3v) is 6.41. The Kier molecular flexibility index (Phi) is 5.61. The Morgan fingerprint density at radius 1 is 0.514 bits per heavy atom. The Hall–Kier alpha value is -4.21. The Labute approximate surface area is 209 Å². The molecule has 168 valence electrons. The van der Waals surface area contributed by atoms with Crippen LogP contribution in [-0.2, 0) is 0 Å². The summed E-state index contributed by atoms with van der Waals surface area (Å²) in [6.45, 7) is 0. The first-order chi connectivity index (χ1) is 17.2. The molecule has 0 saturated carbocycles. The molecule has 0 radical (unpaired) electrons. The van der Waals surface area contributed by atoms with Crippen LogP contribution in [0.3, 0.4) is 0 Å². The van der Waals surface area contributed by atoms with Gasteiger partial charge in [0.25, 0.3) is 0 Å². The fourth-order valence-corrected chi connectivity index (χ4v) is 4.61. The molecule has 0 aliphatic carbocycles. The second-order valence-electron chi connectivity index (χ2n) is 8.53. The normalized spacial score (nSPS) is 15.3. The largest absolute Gasteiger partial charge is 0.315 e. The van der Waals surface area contributed by atoms with Crippen LogP contribution in [0.25, 0.3) is 33.0 Å². The third-order valence-electron chi connectivity index (χ3n) is 6.22. The number of rotatable bonds is 4. The van der Waals surface area contributed by atoms with Gasteiger partial charge < -0.3 is 5.32 Å². The highest BCUT2D eigenvalue weighted by atomic mass is 35.5. The fourth-order valence-electron chi connectivity index (χ4n) is 4.43. The van der Waals surface area contributed by atoms with Gasteiger partial charge in [0.1, 0.15) is 5.84 Å². The zero-order valence-electron chi connectivity index (χ0n) is 18.9. The van der Waals surface area contributed by atoms with Crippen molar-refractivity contribution in [3.05, 3.63) is 132 Å². The molecular weight excluding hydrogens is 450 g/mol. The van der Waals surface area contributed by atoms with E-state index in [1.165, 1.54) is 16.5 Å². The van der Waals surface area contributed by atoms with Crippen molar-refractivity contribution in [3.63, 3.8) is 0 Å². The molecule has 4 heteroatoms. The highest BCUT2D eigenvalue weighted by Gasteiger charge is 2.19. The van der Waals surface area contributed by atoms with Crippen LogP contribution in [0.5, 0.6) is 0 Å². The van der Waals surface area contributed by atoms with Crippen LogP contribution in [0, 0.1) is 0 Å². The molecule has 0 saturated heterocycles. The van der Waals surface area contributed by atoms with Gasteiger partial charge in [-0.2, -0.15) is 0 Å². The van der Waals surface area contributed by atoms with E-state index in [2.05, 4.69) is 95.2 Å². The molecule has 0 amide bonds. The van der Waals surface area contributed by atoms with Crippen molar-refractivity contribution in [2.45, 2.75) is 6.17 Å². The second-order valence-corrected chi connectivity index (χ2v) is 8.89. The van der Waals surface area contributed by atoms with E-state index in [-0.39, 0.29) is 0 Å². The van der Waals surface area contributed by atoms with E-state index in [0.29, 0.717) is 11.1 Å². The summed E-state index contributed by atoms with van der Waals surface area (Å²) in [5.41, 5.74) is 6.67. The van der Waals surface area contributed by atoms with E-state index in [1.54, 1.807) is 0 Å². The van der Waals surface area contributed by atoms with Crippen LogP contribution in [0.1, 0.15) is 17.3 Å². The van der Waals surface area contributed by atoms with Crippen LogP contribution in [0.15, 0.2) is 131 Å². The van der Waals surface area contributed by atoms with Crippen molar-refractivity contribution in [2.75, 3.05) is 0 Å². The van der Waals surface area contributed by atoms with Gasteiger partial charge in [0, 0.05) is 5.56 Å². The van der Waals surface area contributed by atoms with Gasteiger partial charge in [0.15, 0.2) is 11.5 Å². The number of hydrogen-bond acceptors (Lipinski definition) is 3. The number of benzene rings is 5. The van der Waals surface area contributed by atoms with Gasteiger partial charge in [-0.05, 0) is 68.4 Å². The van der Waals surface area contributed by atoms with Crippen molar-refractivity contribution in [3.8, 4) is 22.3 Å². The van der Waals surface area contributed by atoms with Gasteiger partial charge in [-0.3, -0.25) is 0 Å². The van der Waals surface area contributed by atoms with Crippen molar-refractivity contribution in [1.29, 1.82) is 0 Å². The first kappa shape index (κ1) is 21.3. The van der Waals surface area contributed by atoms with Gasteiger partial charge >= 0.3 is 0 Å². The molecular formula is C31H22ClN3. The Balaban J connectivity index is 1.33. The Bertz CT molecular complexity index is 1570. The van der Waals surface area contributed by atoms with Gasteiger partial charge in [0.2, 0.25) is 0 Å². The van der Waals surface area contributed by atoms with E-state index < -0.39 is 6.17 Å². The fraction of sp³-hybridized carbons (Fsp3) is 0.0323. The van der Waals surface area contributed by atoms with E-state index in [9.17, 15) is 0 Å². The van der Waals surface area contributed by atoms with Crippen molar-refractivity contribution >= 4 is 33.5 Å². The predicted molar refractivity (Wildman–Crippen MR) is 147 cm³/mol. The summed E-state index contributed by atoms with van der Waals surface area (Å²) >= 11 is 6.43. The monoisotopic (exact) mass is 471 g/mol. The standard InChI is InChI=1S/C31H22ClN3/c32-31-34-29(27-13-7-12-23(19-27)21-8-3-1-4-9-21)33-30(35-31)28-17-16-25-18-24(14-15-26(25)20-28)22-10-5-2-6-11-22/h1-20,29H,(H,33,34,35). The van der Waals surface area contributed by atoms with Gasteiger partial charge in [-0.25, -0.2) is 9.98 Å². The molecule has 1 aliphatic rings. The quantitative estimate of drug-likeness (QED) is 0.266. The molecule has 1 atom stereocenters. The molecule has 6 rings (SSSR count). The van der Waals surface area contributed by atoms with Crippen LogP contribution >= 0.6 is 11.6 Å². The van der Waals surface area contributed by atoms with Crippen LogP contribution in [0.4, 0.5) is 0 Å². The zero-order chi connectivity index (χ0) is 23.6. The number of aliphatic imine (C=N–C) groups is 2. The molecule has 3 nitrogen and oxygen atoms in total. The average Bonchev–Trinajstić information content (AvgIpc) is 2.93. The summed E-state index contributed by atoms with van der Waals surface area (Å²) < 4.78 is 0. The lowest BCUT2D eigenvalue weighted by atomic mass is 9.99. The lowest BCUT2D eigenvalue weighted by Crippen LogP contribution is -2.32. The molecule has 1 N–H and O–H groups in total. The number of hydrogen-bond donors (Lipinski definition) is 1. The zero-order valence-corrected chi connectivity index (χ0v) is 19.7. The van der Waals surface area contributed by atoms with Gasteiger partial charge in [-0.1, -0.05) is 103 Å². The molecule has 5 aromatic rings. The smallest absolute Gasteiger partial charge is 0.199 e. The molecule has 1 heterocycles. The number of fused-ring (bicyclic) bond motifs is 1. The summed E-state index contributed by atoms with van der Waals surface area (Å²) in [5.74, 6) is 0.717. The minimum Gasteiger partial charge on any atom is -0.315 e. The highest BCUT2D eigenvalue weighted by Crippen LogP contribution is 2.29. The molecule has 1 aliphatic heterocycles. The molecule has 0 spiro atoms. The van der Waals surface area contributed by atoms with E-state index >= 15 is 0 Å². The van der Waals surface area contributed by atoms with Crippen molar-refractivity contribution < 1.29 is 0 Å². The summed E-state index contributed by atoms with van der Waals surface area (Å²) in [4.78, 5) is 9.47. The molecule has 1 unspecified atom stereocenters. The summed E-state index contributed by atoms with van der Waals surface area (Å²) in [7, 11) is 0. The lowest BCUT2D eigenvalue weighted by molar-refractivity contribution is 0.760. The van der Waals surface area contributed by atoms with Crippen LogP contribution in [0.2, 0.25) is 0 Å². The molecule has 35 heavy (non-hydrogen) atoms. The highest BCUT2D eigenvalue weighted by molar-refractivity contribution is 6.66. The van der Waals surface area contributed by atoms with Crippen LogP contribution < -0.4 is 5.32 Å². The average molecular weight is 472 g/mol.